The van der Waals surface area contributed by atoms with E-state index in [1.165, 1.54) is 29.5 Å². The molecule has 1 N–H and O–H groups in total. The first-order valence-electron chi connectivity index (χ1n) is 6.81. The molecule has 98 valence electrons. The first kappa shape index (κ1) is 12.6. The lowest BCUT2D eigenvalue weighted by molar-refractivity contribution is 0.0891. The molecule has 0 spiro atoms. The smallest absolute Gasteiger partial charge is 0.0406 e. The Kier molecular flexibility index (Phi) is 3.25. The molecule has 0 amide bonds. The Morgan fingerprint density at radius 3 is 2.72 bits per heavy atom. The van der Waals surface area contributed by atoms with Gasteiger partial charge in [0.15, 0.2) is 0 Å². The van der Waals surface area contributed by atoms with Crippen LogP contribution in [0, 0.1) is 5.41 Å². The summed E-state index contributed by atoms with van der Waals surface area (Å²) < 4.78 is 1.21. The summed E-state index contributed by atoms with van der Waals surface area (Å²) in [6, 6.07) is 7.40. The summed E-state index contributed by atoms with van der Waals surface area (Å²) in [5, 5.41) is 3.45. The van der Waals surface area contributed by atoms with Crippen LogP contribution in [0.4, 0.5) is 0 Å². The van der Waals surface area contributed by atoms with Gasteiger partial charge in [-0.1, -0.05) is 35.8 Å². The number of fused-ring (bicyclic) bond motifs is 1. The van der Waals surface area contributed by atoms with Crippen LogP contribution in [0.15, 0.2) is 22.7 Å². The van der Waals surface area contributed by atoms with Gasteiger partial charge in [0.05, 0.1) is 0 Å². The van der Waals surface area contributed by atoms with Gasteiger partial charge < -0.3 is 5.32 Å². The van der Waals surface area contributed by atoms with Crippen molar-refractivity contribution in [2.75, 3.05) is 26.2 Å². The Morgan fingerprint density at radius 2 is 2.00 bits per heavy atom. The first-order chi connectivity index (χ1) is 8.58. The van der Waals surface area contributed by atoms with Crippen LogP contribution in [0.3, 0.4) is 0 Å². The lowest BCUT2D eigenvalue weighted by Crippen LogP contribution is -2.47. The van der Waals surface area contributed by atoms with E-state index in [1.54, 1.807) is 5.56 Å². The van der Waals surface area contributed by atoms with E-state index in [9.17, 15) is 0 Å². The van der Waals surface area contributed by atoms with Crippen molar-refractivity contribution in [2.45, 2.75) is 26.3 Å². The molecule has 1 unspecified atom stereocenters. The number of benzene rings is 1. The number of piperazine rings is 1. The van der Waals surface area contributed by atoms with Gasteiger partial charge in [-0.25, -0.2) is 0 Å². The summed E-state index contributed by atoms with van der Waals surface area (Å²) in [4.78, 5) is 2.66. The van der Waals surface area contributed by atoms with Gasteiger partial charge in [-0.05, 0) is 35.1 Å². The number of hydrogen-bond donors (Lipinski definition) is 1. The number of nitrogens with one attached hydrogen (secondary N) is 1. The van der Waals surface area contributed by atoms with Gasteiger partial charge in [0.2, 0.25) is 0 Å². The van der Waals surface area contributed by atoms with Crippen molar-refractivity contribution in [3.8, 4) is 0 Å². The van der Waals surface area contributed by atoms with Gasteiger partial charge in [0.25, 0.3) is 0 Å². The predicted molar refractivity (Wildman–Crippen MR) is 78.8 cm³/mol. The zero-order chi connectivity index (χ0) is 12.8. The highest BCUT2D eigenvalue weighted by Gasteiger charge is 2.42. The van der Waals surface area contributed by atoms with Crippen molar-refractivity contribution >= 4 is 15.9 Å². The highest BCUT2D eigenvalue weighted by Crippen LogP contribution is 2.49. The van der Waals surface area contributed by atoms with Crippen molar-refractivity contribution in [2.24, 2.45) is 5.41 Å². The van der Waals surface area contributed by atoms with Crippen molar-refractivity contribution in [1.29, 1.82) is 0 Å². The van der Waals surface area contributed by atoms with E-state index in [1.807, 2.05) is 0 Å². The number of hydrogen-bond acceptors (Lipinski definition) is 2. The zero-order valence-corrected chi connectivity index (χ0v) is 12.8. The van der Waals surface area contributed by atoms with E-state index >= 15 is 0 Å². The van der Waals surface area contributed by atoms with Crippen LogP contribution in [0.2, 0.25) is 0 Å². The third-order valence-corrected chi connectivity index (χ3v) is 4.80. The average molecular weight is 309 g/mol. The van der Waals surface area contributed by atoms with Gasteiger partial charge in [0.1, 0.15) is 0 Å². The van der Waals surface area contributed by atoms with Gasteiger partial charge in [-0.15, -0.1) is 0 Å². The minimum absolute atomic E-state index is 0.348. The Hall–Kier alpha value is -0.380. The summed E-state index contributed by atoms with van der Waals surface area (Å²) in [7, 11) is 0. The molecule has 2 nitrogen and oxygen atoms in total. The second-order valence-corrected chi connectivity index (χ2v) is 7.11. The molecule has 1 atom stereocenters. The maximum absolute atomic E-state index is 3.59. The molecule has 1 aliphatic heterocycles. The third kappa shape index (κ3) is 2.13. The van der Waals surface area contributed by atoms with Crippen LogP contribution in [0.25, 0.3) is 0 Å². The minimum Gasteiger partial charge on any atom is -0.314 e. The van der Waals surface area contributed by atoms with Crippen LogP contribution < -0.4 is 5.32 Å². The molecule has 0 radical (unpaired) electrons. The molecule has 1 heterocycles. The second-order valence-electron chi connectivity index (χ2n) is 6.20. The topological polar surface area (TPSA) is 15.3 Å². The van der Waals surface area contributed by atoms with Crippen LogP contribution in [-0.4, -0.2) is 31.1 Å². The quantitative estimate of drug-likeness (QED) is 0.858. The predicted octanol–water partition coefficient (Wildman–Crippen LogP) is 2.98. The summed E-state index contributed by atoms with van der Waals surface area (Å²) in [5.74, 6) is 0. The zero-order valence-electron chi connectivity index (χ0n) is 11.2. The van der Waals surface area contributed by atoms with Crippen molar-refractivity contribution < 1.29 is 0 Å². The monoisotopic (exact) mass is 308 g/mol. The van der Waals surface area contributed by atoms with Crippen molar-refractivity contribution in [3.05, 3.63) is 33.8 Å². The normalized spacial score (nSPS) is 27.2. The van der Waals surface area contributed by atoms with E-state index in [0.29, 0.717) is 11.5 Å². The molecule has 1 aliphatic carbocycles. The molecule has 1 aromatic rings. The van der Waals surface area contributed by atoms with Gasteiger partial charge >= 0.3 is 0 Å². The van der Waals surface area contributed by atoms with Crippen LogP contribution >= 0.6 is 15.9 Å². The van der Waals surface area contributed by atoms with Crippen LogP contribution in [0.5, 0.6) is 0 Å². The third-order valence-electron chi connectivity index (χ3n) is 4.30. The molecule has 2 aliphatic rings. The fourth-order valence-corrected chi connectivity index (χ4v) is 4.04. The van der Waals surface area contributed by atoms with E-state index in [-0.39, 0.29) is 0 Å². The second kappa shape index (κ2) is 4.62. The Morgan fingerprint density at radius 1 is 1.28 bits per heavy atom. The van der Waals surface area contributed by atoms with E-state index in [4.69, 9.17) is 0 Å². The molecule has 3 heteroatoms. The van der Waals surface area contributed by atoms with E-state index in [2.05, 4.69) is 58.2 Å². The maximum atomic E-state index is 3.59. The molecule has 1 saturated heterocycles. The molecule has 0 aromatic heterocycles. The lowest BCUT2D eigenvalue weighted by atomic mass is 9.84. The lowest BCUT2D eigenvalue weighted by Gasteiger charge is -2.40. The molecule has 1 fully saturated rings. The molecular formula is C15H21BrN2. The standard InChI is InChI=1S/C15H21BrN2/c1-15(2)10-11-9-12(16)3-4-13(11)14(15)18-7-5-17-6-8-18/h3-4,9,14,17H,5-8,10H2,1-2H3. The van der Waals surface area contributed by atoms with Gasteiger partial charge in [-0.3, -0.25) is 4.90 Å². The molecule has 3 rings (SSSR count). The fourth-order valence-electron chi connectivity index (χ4n) is 3.63. The molecule has 1 aromatic carbocycles. The van der Waals surface area contributed by atoms with Crippen molar-refractivity contribution in [3.63, 3.8) is 0 Å². The summed E-state index contributed by atoms with van der Waals surface area (Å²) >= 11 is 3.59. The Labute approximate surface area is 118 Å². The van der Waals surface area contributed by atoms with Gasteiger partial charge in [-0.2, -0.15) is 0 Å². The molecule has 0 bridgehead atoms. The van der Waals surface area contributed by atoms with E-state index in [0.717, 1.165) is 13.1 Å². The summed E-state index contributed by atoms with van der Waals surface area (Å²) in [6.07, 6.45) is 1.19. The average Bonchev–Trinajstić information content (AvgIpc) is 2.59. The van der Waals surface area contributed by atoms with Crippen LogP contribution in [-0.2, 0) is 6.42 Å². The minimum atomic E-state index is 0.348. The molecule has 0 saturated carbocycles. The highest BCUT2D eigenvalue weighted by atomic mass is 79.9. The number of rotatable bonds is 1. The SMILES string of the molecule is CC1(C)Cc2cc(Br)ccc2C1N1CCNCC1. The van der Waals surface area contributed by atoms with Gasteiger partial charge in [0, 0.05) is 36.7 Å². The summed E-state index contributed by atoms with van der Waals surface area (Å²) in [5.41, 5.74) is 3.42. The Balaban J connectivity index is 1.97. The molecular weight excluding hydrogens is 288 g/mol. The van der Waals surface area contributed by atoms with Crippen molar-refractivity contribution in [1.82, 2.24) is 10.2 Å². The fraction of sp³-hybridized carbons (Fsp3) is 0.600. The number of nitrogens with zero attached hydrogens (tertiary/aromatic N) is 1. The number of halogens is 1. The maximum Gasteiger partial charge on any atom is 0.0406 e. The Bertz CT molecular complexity index is 450. The first-order valence-corrected chi connectivity index (χ1v) is 7.60. The van der Waals surface area contributed by atoms with E-state index < -0.39 is 0 Å². The highest BCUT2D eigenvalue weighted by molar-refractivity contribution is 9.10. The van der Waals surface area contributed by atoms with Crippen LogP contribution in [0.1, 0.15) is 31.0 Å². The summed E-state index contributed by atoms with van der Waals surface area (Å²) in [6.45, 7) is 9.41. The largest absolute Gasteiger partial charge is 0.314 e. The molecule has 18 heavy (non-hydrogen) atoms.